The van der Waals surface area contributed by atoms with Crippen molar-refractivity contribution in [1.29, 1.82) is 0 Å². The lowest BCUT2D eigenvalue weighted by Gasteiger charge is -2.31. The number of carbonyl (C=O) groups excluding carboxylic acids is 2. The summed E-state index contributed by atoms with van der Waals surface area (Å²) in [5.74, 6) is -0.376. The number of halogens is 1. The summed E-state index contributed by atoms with van der Waals surface area (Å²) in [7, 11) is -2.11. The Hall–Kier alpha value is -3.14. The molecule has 0 spiro atoms. The van der Waals surface area contributed by atoms with Crippen molar-refractivity contribution in [1.82, 2.24) is 10.2 Å². The lowest BCUT2D eigenvalue weighted by atomic mass is 10.1. The molecule has 0 radical (unpaired) electrons. The van der Waals surface area contributed by atoms with E-state index in [-0.39, 0.29) is 43.6 Å². The van der Waals surface area contributed by atoms with E-state index in [9.17, 15) is 22.4 Å². The first-order valence-corrected chi connectivity index (χ1v) is 14.4. The summed E-state index contributed by atoms with van der Waals surface area (Å²) in [6.07, 6.45) is 3.57. The van der Waals surface area contributed by atoms with Gasteiger partial charge in [0.1, 0.15) is 17.6 Å². The Kier molecular flexibility index (Phi) is 11.8. The monoisotopic (exact) mass is 535 g/mol. The molecule has 2 aromatic rings. The molecule has 1 atom stereocenters. The normalized spacial score (nSPS) is 12.0. The van der Waals surface area contributed by atoms with Gasteiger partial charge in [0.2, 0.25) is 21.8 Å². The van der Waals surface area contributed by atoms with E-state index in [2.05, 4.69) is 5.32 Å². The van der Waals surface area contributed by atoms with Crippen molar-refractivity contribution >= 4 is 27.5 Å². The minimum atomic E-state index is -3.61. The van der Waals surface area contributed by atoms with E-state index >= 15 is 0 Å². The molecule has 0 bridgehead atoms. The fourth-order valence-corrected chi connectivity index (χ4v) is 4.94. The third-order valence-corrected chi connectivity index (χ3v) is 7.17. The van der Waals surface area contributed by atoms with Crippen molar-refractivity contribution in [2.24, 2.45) is 0 Å². The summed E-state index contributed by atoms with van der Waals surface area (Å²) in [5.41, 5.74) is 1.14. The van der Waals surface area contributed by atoms with Gasteiger partial charge >= 0.3 is 0 Å². The van der Waals surface area contributed by atoms with Gasteiger partial charge < -0.3 is 15.0 Å². The maximum atomic E-state index is 13.4. The predicted octanol–water partition coefficient (Wildman–Crippen LogP) is 4.10. The van der Waals surface area contributed by atoms with Gasteiger partial charge in [-0.2, -0.15) is 0 Å². The first-order valence-electron chi connectivity index (χ1n) is 12.5. The van der Waals surface area contributed by atoms with E-state index in [0.717, 1.165) is 19.1 Å². The van der Waals surface area contributed by atoms with E-state index in [4.69, 9.17) is 4.74 Å². The number of carbonyl (C=O) groups is 2. The van der Waals surface area contributed by atoms with Gasteiger partial charge in [0.05, 0.1) is 19.1 Å². The molecule has 37 heavy (non-hydrogen) atoms. The zero-order chi connectivity index (χ0) is 27.4. The van der Waals surface area contributed by atoms with Gasteiger partial charge in [-0.1, -0.05) is 38.5 Å². The Bertz CT molecular complexity index is 1130. The molecule has 8 nitrogen and oxygen atoms in total. The molecule has 0 aliphatic rings. The predicted molar refractivity (Wildman–Crippen MR) is 143 cm³/mol. The number of nitrogens with one attached hydrogen (secondary N) is 1. The van der Waals surface area contributed by atoms with E-state index in [1.807, 2.05) is 13.8 Å². The number of methoxy groups -OCH3 is 1. The highest BCUT2D eigenvalue weighted by molar-refractivity contribution is 7.92. The Morgan fingerprint density at radius 2 is 1.78 bits per heavy atom. The van der Waals surface area contributed by atoms with Gasteiger partial charge in [0.25, 0.3) is 0 Å². The second kappa shape index (κ2) is 14.6. The minimum absolute atomic E-state index is 0.0376. The lowest BCUT2D eigenvalue weighted by molar-refractivity contribution is -0.141. The van der Waals surface area contributed by atoms with Crippen LogP contribution in [0.2, 0.25) is 0 Å². The number of hydrogen-bond acceptors (Lipinski definition) is 5. The second-order valence-corrected chi connectivity index (χ2v) is 10.8. The largest absolute Gasteiger partial charge is 0.497 e. The maximum Gasteiger partial charge on any atom is 0.242 e. The number of ether oxygens (including phenoxy) is 1. The van der Waals surface area contributed by atoms with Crippen LogP contribution in [0.5, 0.6) is 5.75 Å². The number of amides is 2. The summed E-state index contributed by atoms with van der Waals surface area (Å²) in [4.78, 5) is 27.8. The molecule has 0 unspecified atom stereocenters. The molecule has 0 aliphatic carbocycles. The topological polar surface area (TPSA) is 96.0 Å². The van der Waals surface area contributed by atoms with Crippen molar-refractivity contribution in [2.75, 3.05) is 30.8 Å². The van der Waals surface area contributed by atoms with Gasteiger partial charge in [-0.15, -0.1) is 0 Å². The van der Waals surface area contributed by atoms with Crippen LogP contribution >= 0.6 is 0 Å². The zero-order valence-electron chi connectivity index (χ0n) is 22.1. The van der Waals surface area contributed by atoms with Gasteiger partial charge in [-0.05, 0) is 49.1 Å². The van der Waals surface area contributed by atoms with Crippen LogP contribution in [0.4, 0.5) is 10.1 Å². The fourth-order valence-electron chi connectivity index (χ4n) is 3.98. The van der Waals surface area contributed by atoms with Gasteiger partial charge in [0.15, 0.2) is 0 Å². The van der Waals surface area contributed by atoms with E-state index < -0.39 is 16.1 Å². The molecule has 204 valence electrons. The molecular formula is C27H38FN3O5S. The van der Waals surface area contributed by atoms with Crippen LogP contribution < -0.4 is 14.4 Å². The third-order valence-electron chi connectivity index (χ3n) is 5.98. The van der Waals surface area contributed by atoms with E-state index in [1.54, 1.807) is 36.4 Å². The van der Waals surface area contributed by atoms with Crippen molar-refractivity contribution in [2.45, 2.75) is 58.5 Å². The quantitative estimate of drug-likeness (QED) is 0.347. The molecule has 0 saturated carbocycles. The minimum Gasteiger partial charge on any atom is -0.497 e. The summed E-state index contributed by atoms with van der Waals surface area (Å²) < 4.78 is 44.8. The SMILES string of the molecule is CCCCNC(=O)[C@@H](CC)N(Cc1ccc(F)cc1)C(=O)CCCN(c1cccc(OC)c1)S(C)(=O)=O. The lowest BCUT2D eigenvalue weighted by Crippen LogP contribution is -2.49. The highest BCUT2D eigenvalue weighted by Gasteiger charge is 2.28. The maximum absolute atomic E-state index is 13.4. The van der Waals surface area contributed by atoms with Crippen LogP contribution in [0, 0.1) is 5.82 Å². The van der Waals surface area contributed by atoms with Crippen LogP contribution in [0.3, 0.4) is 0 Å². The molecule has 0 aromatic heterocycles. The van der Waals surface area contributed by atoms with Crippen LogP contribution in [0.25, 0.3) is 0 Å². The van der Waals surface area contributed by atoms with Crippen LogP contribution in [-0.2, 0) is 26.2 Å². The van der Waals surface area contributed by atoms with Crippen molar-refractivity contribution in [3.05, 3.63) is 59.9 Å². The summed E-state index contributed by atoms with van der Waals surface area (Å²) in [5, 5.41) is 2.90. The van der Waals surface area contributed by atoms with E-state index in [0.29, 0.717) is 30.0 Å². The average Bonchev–Trinajstić information content (AvgIpc) is 2.87. The Balaban J connectivity index is 2.20. The Labute approximate surface area is 219 Å². The van der Waals surface area contributed by atoms with E-state index in [1.165, 1.54) is 28.4 Å². The zero-order valence-corrected chi connectivity index (χ0v) is 22.9. The number of hydrogen-bond donors (Lipinski definition) is 1. The van der Waals surface area contributed by atoms with Gasteiger partial charge in [0, 0.05) is 32.1 Å². The Morgan fingerprint density at radius 3 is 2.38 bits per heavy atom. The third kappa shape index (κ3) is 9.35. The summed E-state index contributed by atoms with van der Waals surface area (Å²) in [6.45, 7) is 4.61. The van der Waals surface area contributed by atoms with Gasteiger partial charge in [-0.25, -0.2) is 12.8 Å². The van der Waals surface area contributed by atoms with Crippen LogP contribution in [-0.4, -0.2) is 57.6 Å². The first kappa shape index (κ1) is 30.1. The molecule has 0 saturated heterocycles. The number of nitrogens with zero attached hydrogens (tertiary/aromatic N) is 2. The first-order chi connectivity index (χ1) is 17.6. The molecule has 2 amide bonds. The van der Waals surface area contributed by atoms with Crippen LogP contribution in [0.15, 0.2) is 48.5 Å². The van der Waals surface area contributed by atoms with Crippen molar-refractivity contribution in [3.8, 4) is 5.75 Å². The fraction of sp³-hybridized carbons (Fsp3) is 0.481. The number of sulfonamides is 1. The molecule has 10 heteroatoms. The van der Waals surface area contributed by atoms with Crippen molar-refractivity contribution in [3.63, 3.8) is 0 Å². The number of anilines is 1. The number of unbranched alkanes of at least 4 members (excludes halogenated alkanes) is 1. The average molecular weight is 536 g/mol. The summed E-state index contributed by atoms with van der Waals surface area (Å²) >= 11 is 0. The summed E-state index contributed by atoms with van der Waals surface area (Å²) in [6, 6.07) is 11.8. The molecule has 0 aliphatic heterocycles. The van der Waals surface area contributed by atoms with Gasteiger partial charge in [-0.3, -0.25) is 13.9 Å². The number of benzene rings is 2. The van der Waals surface area contributed by atoms with Crippen LogP contribution in [0.1, 0.15) is 51.5 Å². The number of rotatable bonds is 15. The highest BCUT2D eigenvalue weighted by atomic mass is 32.2. The van der Waals surface area contributed by atoms with Crippen molar-refractivity contribution < 1.29 is 27.1 Å². The molecule has 2 aromatic carbocycles. The highest BCUT2D eigenvalue weighted by Crippen LogP contribution is 2.24. The standard InChI is InChI=1S/C27H38FN3O5S/c1-5-7-17-29-27(33)25(6-2)30(20-21-13-15-22(28)16-14-21)26(32)12-9-18-31(37(4,34)35)23-10-8-11-24(19-23)36-3/h8,10-11,13-16,19,25H,5-7,9,12,17-18,20H2,1-4H3,(H,29,33)/t25-/m1/s1. The molecule has 1 N–H and O–H groups in total. The molecule has 0 fully saturated rings. The molecule has 0 heterocycles. The smallest absolute Gasteiger partial charge is 0.242 e. The molecular weight excluding hydrogens is 497 g/mol. The Morgan fingerprint density at radius 1 is 1.08 bits per heavy atom. The molecule has 2 rings (SSSR count). The second-order valence-electron chi connectivity index (χ2n) is 8.86.